The summed E-state index contributed by atoms with van der Waals surface area (Å²) in [5.74, 6) is 1.66. The largest absolute Gasteiger partial charge is 0.497 e. The number of hydrogen-bond donors (Lipinski definition) is 0. The summed E-state index contributed by atoms with van der Waals surface area (Å²) in [6, 6.07) is 8.86. The molecule has 0 N–H and O–H groups in total. The minimum atomic E-state index is 0.669. The fourth-order valence-electron chi connectivity index (χ4n) is 3.43. The van der Waals surface area contributed by atoms with Crippen LogP contribution in [-0.4, -0.2) is 32.1 Å². The predicted molar refractivity (Wildman–Crippen MR) is 94.2 cm³/mol. The van der Waals surface area contributed by atoms with E-state index in [1.807, 2.05) is 0 Å². The fourth-order valence-corrected chi connectivity index (χ4v) is 4.13. The van der Waals surface area contributed by atoms with Crippen molar-refractivity contribution >= 4 is 11.3 Å². The molecule has 0 fully saturated rings. The van der Waals surface area contributed by atoms with Crippen LogP contribution in [-0.2, 0) is 12.8 Å². The summed E-state index contributed by atoms with van der Waals surface area (Å²) < 4.78 is 5.37. The zero-order valence-electron chi connectivity index (χ0n) is 13.5. The molecule has 0 saturated carbocycles. The van der Waals surface area contributed by atoms with Crippen LogP contribution < -0.4 is 4.74 Å². The lowest BCUT2D eigenvalue weighted by Crippen LogP contribution is -2.28. The number of nitrogens with zero attached hydrogens (tertiary/aromatic N) is 1. The zero-order valence-corrected chi connectivity index (χ0v) is 14.4. The van der Waals surface area contributed by atoms with Crippen molar-refractivity contribution in [3.05, 3.63) is 51.7 Å². The Kier molecular flexibility index (Phi) is 5.16. The highest BCUT2D eigenvalue weighted by atomic mass is 32.1. The molecule has 0 saturated heterocycles. The number of likely N-dealkylation sites (N-methyl/N-ethyl adjacent to an activating group) is 1. The molecule has 1 aliphatic rings. The molecule has 0 radical (unpaired) electrons. The summed E-state index contributed by atoms with van der Waals surface area (Å²) in [4.78, 5) is 2.49. The van der Waals surface area contributed by atoms with Crippen molar-refractivity contribution < 1.29 is 4.74 Å². The molecule has 1 atom stereocenters. The average molecular weight is 315 g/mol. The number of methoxy groups -OCH3 is 1. The van der Waals surface area contributed by atoms with Gasteiger partial charge in [-0.3, -0.25) is 0 Å². The third kappa shape index (κ3) is 3.71. The second-order valence-corrected chi connectivity index (χ2v) is 7.08. The Labute approximate surface area is 137 Å². The smallest absolute Gasteiger partial charge is 0.119 e. The molecule has 2 aromatic rings. The summed E-state index contributed by atoms with van der Waals surface area (Å²) in [6.07, 6.45) is 4.95. The summed E-state index contributed by atoms with van der Waals surface area (Å²) in [6.45, 7) is 2.29. The highest BCUT2D eigenvalue weighted by Gasteiger charge is 2.21. The number of rotatable bonds is 6. The maximum absolute atomic E-state index is 5.37. The van der Waals surface area contributed by atoms with E-state index in [2.05, 4.69) is 47.0 Å². The molecule has 0 spiro atoms. The van der Waals surface area contributed by atoms with Gasteiger partial charge < -0.3 is 9.64 Å². The van der Waals surface area contributed by atoms with Gasteiger partial charge in [0.15, 0.2) is 0 Å². The summed E-state index contributed by atoms with van der Waals surface area (Å²) in [7, 11) is 4.00. The molecule has 1 aromatic heterocycles. The topological polar surface area (TPSA) is 12.5 Å². The molecule has 0 bridgehead atoms. The van der Waals surface area contributed by atoms with E-state index in [4.69, 9.17) is 4.74 Å². The molecule has 0 amide bonds. The van der Waals surface area contributed by atoms with Crippen molar-refractivity contribution in [2.75, 3.05) is 27.2 Å². The van der Waals surface area contributed by atoms with Crippen molar-refractivity contribution in [2.24, 2.45) is 0 Å². The first kappa shape index (κ1) is 15.6. The van der Waals surface area contributed by atoms with Crippen LogP contribution in [0.5, 0.6) is 5.75 Å². The number of fused-ring (bicyclic) bond motifs is 1. The van der Waals surface area contributed by atoms with Gasteiger partial charge in [0, 0.05) is 13.1 Å². The van der Waals surface area contributed by atoms with Crippen LogP contribution in [0, 0.1) is 0 Å². The van der Waals surface area contributed by atoms with Crippen LogP contribution in [0.3, 0.4) is 0 Å². The van der Waals surface area contributed by atoms with Crippen molar-refractivity contribution in [1.29, 1.82) is 0 Å². The fraction of sp³-hybridized carbons (Fsp3) is 0.474. The third-order valence-corrected chi connectivity index (χ3v) is 5.42. The molecule has 3 heteroatoms. The summed E-state index contributed by atoms with van der Waals surface area (Å²) >= 11 is 1.79. The number of benzene rings is 1. The van der Waals surface area contributed by atoms with E-state index < -0.39 is 0 Å². The van der Waals surface area contributed by atoms with E-state index in [-0.39, 0.29) is 0 Å². The van der Waals surface area contributed by atoms with Crippen LogP contribution in [0.2, 0.25) is 0 Å². The molecule has 1 aliphatic carbocycles. The average Bonchev–Trinajstić information content (AvgIpc) is 3.06. The van der Waals surface area contributed by atoms with Gasteiger partial charge in [0.05, 0.1) is 7.11 Å². The van der Waals surface area contributed by atoms with Crippen molar-refractivity contribution in [3.8, 4) is 5.75 Å². The van der Waals surface area contributed by atoms with Crippen LogP contribution >= 0.6 is 11.3 Å². The Bertz CT molecular complexity index is 593. The first-order valence-electron chi connectivity index (χ1n) is 8.12. The number of hydrogen-bond acceptors (Lipinski definition) is 3. The van der Waals surface area contributed by atoms with Crippen LogP contribution in [0.4, 0.5) is 0 Å². The summed E-state index contributed by atoms with van der Waals surface area (Å²) in [5.41, 5.74) is 4.49. The maximum atomic E-state index is 5.37. The third-order valence-electron chi connectivity index (χ3n) is 4.68. The molecular formula is C19H25NOS. The summed E-state index contributed by atoms with van der Waals surface area (Å²) in [5, 5.41) is 4.43. The van der Waals surface area contributed by atoms with Crippen molar-refractivity contribution in [3.63, 3.8) is 0 Å². The van der Waals surface area contributed by atoms with Gasteiger partial charge in [-0.05, 0) is 84.3 Å². The lowest BCUT2D eigenvalue weighted by atomic mass is 9.82. The number of aryl methyl sites for hydroxylation is 1. The van der Waals surface area contributed by atoms with Gasteiger partial charge in [0.25, 0.3) is 0 Å². The van der Waals surface area contributed by atoms with Gasteiger partial charge in [-0.2, -0.15) is 11.3 Å². The van der Waals surface area contributed by atoms with E-state index in [0.717, 1.165) is 25.3 Å². The highest BCUT2D eigenvalue weighted by Crippen LogP contribution is 2.34. The lowest BCUT2D eigenvalue weighted by molar-refractivity contribution is 0.301. The maximum Gasteiger partial charge on any atom is 0.119 e. The molecule has 3 rings (SSSR count). The van der Waals surface area contributed by atoms with Crippen molar-refractivity contribution in [1.82, 2.24) is 4.90 Å². The highest BCUT2D eigenvalue weighted by molar-refractivity contribution is 7.07. The second-order valence-electron chi connectivity index (χ2n) is 6.30. The molecule has 1 heterocycles. The molecular weight excluding hydrogens is 290 g/mol. The van der Waals surface area contributed by atoms with Gasteiger partial charge in [-0.15, -0.1) is 0 Å². The van der Waals surface area contributed by atoms with Crippen LogP contribution in [0.25, 0.3) is 0 Å². The number of ether oxygens (including phenoxy) is 1. The van der Waals surface area contributed by atoms with Gasteiger partial charge in [0.1, 0.15) is 5.75 Å². The zero-order chi connectivity index (χ0) is 15.4. The van der Waals surface area contributed by atoms with Gasteiger partial charge in [0.2, 0.25) is 0 Å². The van der Waals surface area contributed by atoms with Gasteiger partial charge in [-0.25, -0.2) is 0 Å². The van der Waals surface area contributed by atoms with Crippen molar-refractivity contribution in [2.45, 2.75) is 31.6 Å². The molecule has 118 valence electrons. The SMILES string of the molecule is COc1ccc2c(c1)CCCC2CN(C)CCc1ccsc1. The minimum absolute atomic E-state index is 0.669. The Morgan fingerprint density at radius 1 is 1.32 bits per heavy atom. The molecule has 1 aromatic carbocycles. The Hall–Kier alpha value is -1.32. The Balaban J connectivity index is 1.61. The number of thiophene rings is 1. The Morgan fingerprint density at radius 3 is 3.00 bits per heavy atom. The van der Waals surface area contributed by atoms with E-state index in [0.29, 0.717) is 5.92 Å². The molecule has 0 aliphatic heterocycles. The van der Waals surface area contributed by atoms with Crippen LogP contribution in [0.1, 0.15) is 35.4 Å². The quantitative estimate of drug-likeness (QED) is 0.786. The Morgan fingerprint density at radius 2 is 2.23 bits per heavy atom. The lowest BCUT2D eigenvalue weighted by Gasteiger charge is -2.29. The van der Waals surface area contributed by atoms with Gasteiger partial charge in [-0.1, -0.05) is 6.07 Å². The standard InChI is InChI=1S/C19H25NOS/c1-20(10-8-15-9-11-22-14-15)13-17-5-3-4-16-12-18(21-2)6-7-19(16)17/h6-7,9,11-12,14,17H,3-5,8,10,13H2,1-2H3. The first-order chi connectivity index (χ1) is 10.8. The first-order valence-corrected chi connectivity index (χ1v) is 9.07. The minimum Gasteiger partial charge on any atom is -0.497 e. The normalized spacial score (nSPS) is 17.5. The van der Waals surface area contributed by atoms with E-state index in [1.54, 1.807) is 18.4 Å². The molecule has 22 heavy (non-hydrogen) atoms. The van der Waals surface area contributed by atoms with Gasteiger partial charge >= 0.3 is 0 Å². The van der Waals surface area contributed by atoms with E-state index in [9.17, 15) is 0 Å². The monoisotopic (exact) mass is 315 g/mol. The molecule has 2 nitrogen and oxygen atoms in total. The van der Waals surface area contributed by atoms with E-state index >= 15 is 0 Å². The molecule has 1 unspecified atom stereocenters. The van der Waals surface area contributed by atoms with E-state index in [1.165, 1.54) is 36.0 Å². The second kappa shape index (κ2) is 7.30. The van der Waals surface area contributed by atoms with Crippen LogP contribution in [0.15, 0.2) is 35.0 Å². The predicted octanol–water partition coefficient (Wildman–Crippen LogP) is 4.35.